The minimum absolute atomic E-state index is 0.120. The lowest BCUT2D eigenvalue weighted by Gasteiger charge is -2.31. The van der Waals surface area contributed by atoms with Crippen LogP contribution in [0.15, 0.2) is 29.3 Å². The number of nitrogens with one attached hydrogen (secondary N) is 2. The van der Waals surface area contributed by atoms with Crippen LogP contribution in [-0.2, 0) is 22.5 Å². The van der Waals surface area contributed by atoms with Crippen molar-refractivity contribution in [2.75, 3.05) is 39.9 Å². The molecule has 0 atom stereocenters. The second-order valence-electron chi connectivity index (χ2n) is 8.27. The van der Waals surface area contributed by atoms with Gasteiger partial charge in [0, 0.05) is 39.9 Å². The third-order valence-corrected chi connectivity index (χ3v) is 6.39. The van der Waals surface area contributed by atoms with E-state index < -0.39 is 0 Å². The highest BCUT2D eigenvalue weighted by atomic mass is 16.5. The lowest BCUT2D eigenvalue weighted by Crippen LogP contribution is -2.48. The van der Waals surface area contributed by atoms with Gasteiger partial charge in [-0.25, -0.2) is 0 Å². The standard InChI is InChI=1S/C23H36N4O2/c1-3-29-15-13-23(11-6-7-12-23)18-26-22(24-2)25-16-21(28)27-14-10-19-8-4-5-9-20(19)17-27/h4-5,8-9H,3,6-7,10-18H2,1-2H3,(H2,24,25,26). The Morgan fingerprint density at radius 3 is 2.69 bits per heavy atom. The molecule has 0 radical (unpaired) electrons. The summed E-state index contributed by atoms with van der Waals surface area (Å²) in [5, 5.41) is 6.68. The Labute approximate surface area is 175 Å². The van der Waals surface area contributed by atoms with Crippen LogP contribution in [0.4, 0.5) is 0 Å². The first-order valence-corrected chi connectivity index (χ1v) is 11.0. The molecule has 1 amide bonds. The summed E-state index contributed by atoms with van der Waals surface area (Å²) in [4.78, 5) is 18.9. The average Bonchev–Trinajstić information content (AvgIpc) is 3.22. The Morgan fingerprint density at radius 1 is 1.21 bits per heavy atom. The fourth-order valence-electron chi connectivity index (χ4n) is 4.54. The molecule has 1 heterocycles. The van der Waals surface area contributed by atoms with Crippen molar-refractivity contribution >= 4 is 11.9 Å². The van der Waals surface area contributed by atoms with Gasteiger partial charge in [0.15, 0.2) is 5.96 Å². The number of guanidine groups is 1. The fourth-order valence-corrected chi connectivity index (χ4v) is 4.54. The van der Waals surface area contributed by atoms with Gasteiger partial charge in [0.05, 0.1) is 6.54 Å². The SMILES string of the molecule is CCOCCC1(CNC(=NC)NCC(=O)N2CCc3ccccc3C2)CCCC1. The number of ether oxygens (including phenoxy) is 1. The van der Waals surface area contributed by atoms with Crippen LogP contribution in [-0.4, -0.2) is 56.7 Å². The predicted octanol–water partition coefficient (Wildman–Crippen LogP) is 2.72. The van der Waals surface area contributed by atoms with Crippen molar-refractivity contribution < 1.29 is 9.53 Å². The third kappa shape index (κ3) is 5.95. The van der Waals surface area contributed by atoms with Gasteiger partial charge in [-0.15, -0.1) is 0 Å². The molecule has 0 bridgehead atoms. The second-order valence-corrected chi connectivity index (χ2v) is 8.27. The number of amides is 1. The van der Waals surface area contributed by atoms with Crippen LogP contribution in [0.5, 0.6) is 0 Å². The van der Waals surface area contributed by atoms with E-state index in [9.17, 15) is 4.79 Å². The molecule has 0 saturated heterocycles. The maximum atomic E-state index is 12.7. The number of hydrogen-bond acceptors (Lipinski definition) is 3. The van der Waals surface area contributed by atoms with Gasteiger partial charge in [-0.05, 0) is 49.1 Å². The molecule has 1 aromatic rings. The zero-order valence-corrected chi connectivity index (χ0v) is 18.0. The van der Waals surface area contributed by atoms with Crippen molar-refractivity contribution in [3.63, 3.8) is 0 Å². The van der Waals surface area contributed by atoms with Crippen LogP contribution in [0.2, 0.25) is 0 Å². The number of carbonyl (C=O) groups is 1. The Balaban J connectivity index is 1.46. The van der Waals surface area contributed by atoms with Crippen LogP contribution in [0.1, 0.15) is 50.2 Å². The summed E-state index contributed by atoms with van der Waals surface area (Å²) in [5.74, 6) is 0.827. The molecule has 2 aliphatic rings. The van der Waals surface area contributed by atoms with Crippen molar-refractivity contribution in [1.29, 1.82) is 0 Å². The molecule has 6 heteroatoms. The number of nitrogens with zero attached hydrogens (tertiary/aromatic N) is 2. The molecule has 1 aromatic carbocycles. The smallest absolute Gasteiger partial charge is 0.242 e. The topological polar surface area (TPSA) is 66.0 Å². The lowest BCUT2D eigenvalue weighted by molar-refractivity contribution is -0.130. The summed E-state index contributed by atoms with van der Waals surface area (Å²) in [7, 11) is 1.76. The summed E-state index contributed by atoms with van der Waals surface area (Å²) in [6, 6.07) is 8.39. The van der Waals surface area contributed by atoms with E-state index in [1.54, 1.807) is 7.05 Å². The van der Waals surface area contributed by atoms with Crippen LogP contribution in [0, 0.1) is 5.41 Å². The highest BCUT2D eigenvalue weighted by molar-refractivity contribution is 5.86. The molecule has 0 spiro atoms. The predicted molar refractivity (Wildman–Crippen MR) is 117 cm³/mol. The fraction of sp³-hybridized carbons (Fsp3) is 0.652. The lowest BCUT2D eigenvalue weighted by atomic mass is 9.83. The summed E-state index contributed by atoms with van der Waals surface area (Å²) in [6.45, 7) is 6.27. The number of rotatable bonds is 8. The molecule has 29 heavy (non-hydrogen) atoms. The molecule has 1 aliphatic carbocycles. The highest BCUT2D eigenvalue weighted by Crippen LogP contribution is 2.40. The van der Waals surface area contributed by atoms with Gasteiger partial charge >= 0.3 is 0 Å². The van der Waals surface area contributed by atoms with E-state index in [1.165, 1.54) is 36.8 Å². The largest absolute Gasteiger partial charge is 0.382 e. The van der Waals surface area contributed by atoms with Crippen molar-refractivity contribution in [2.45, 2.75) is 52.0 Å². The first kappa shape index (κ1) is 21.6. The average molecular weight is 401 g/mol. The number of carbonyl (C=O) groups excluding carboxylic acids is 1. The van der Waals surface area contributed by atoms with Gasteiger partial charge in [0.2, 0.25) is 5.91 Å². The van der Waals surface area contributed by atoms with Gasteiger partial charge in [-0.3, -0.25) is 9.79 Å². The van der Waals surface area contributed by atoms with Gasteiger partial charge in [-0.1, -0.05) is 37.1 Å². The number of fused-ring (bicyclic) bond motifs is 1. The van der Waals surface area contributed by atoms with Gasteiger partial charge in [-0.2, -0.15) is 0 Å². The molecule has 3 rings (SSSR count). The molecule has 6 nitrogen and oxygen atoms in total. The Hall–Kier alpha value is -2.08. The van der Waals surface area contributed by atoms with Gasteiger partial charge in [0.1, 0.15) is 0 Å². The Morgan fingerprint density at radius 2 is 1.97 bits per heavy atom. The number of aliphatic imine (C=N–C) groups is 1. The van der Waals surface area contributed by atoms with E-state index in [0.29, 0.717) is 12.5 Å². The highest BCUT2D eigenvalue weighted by Gasteiger charge is 2.33. The summed E-state index contributed by atoms with van der Waals surface area (Å²) >= 11 is 0. The van der Waals surface area contributed by atoms with E-state index in [4.69, 9.17) is 4.74 Å². The normalized spacial score (nSPS) is 18.4. The van der Waals surface area contributed by atoms with Crippen LogP contribution >= 0.6 is 0 Å². The minimum Gasteiger partial charge on any atom is -0.382 e. The number of benzene rings is 1. The van der Waals surface area contributed by atoms with E-state index in [0.717, 1.165) is 39.1 Å². The third-order valence-electron chi connectivity index (χ3n) is 6.39. The summed E-state index contributed by atoms with van der Waals surface area (Å²) < 4.78 is 5.60. The molecule has 1 saturated carbocycles. The minimum atomic E-state index is 0.120. The van der Waals surface area contributed by atoms with Crippen molar-refractivity contribution in [3.8, 4) is 0 Å². The number of hydrogen-bond donors (Lipinski definition) is 2. The molecular weight excluding hydrogens is 364 g/mol. The van der Waals surface area contributed by atoms with E-state index in [-0.39, 0.29) is 17.9 Å². The first-order valence-electron chi connectivity index (χ1n) is 11.0. The summed E-state index contributed by atoms with van der Waals surface area (Å²) in [5.41, 5.74) is 2.90. The maximum absolute atomic E-state index is 12.7. The van der Waals surface area contributed by atoms with E-state index >= 15 is 0 Å². The molecular formula is C23H36N4O2. The second kappa shape index (κ2) is 10.6. The molecule has 1 fully saturated rings. The quantitative estimate of drug-likeness (QED) is 0.400. The Bertz CT molecular complexity index is 698. The Kier molecular flexibility index (Phi) is 7.92. The van der Waals surface area contributed by atoms with E-state index in [1.807, 2.05) is 17.9 Å². The maximum Gasteiger partial charge on any atom is 0.242 e. The van der Waals surface area contributed by atoms with Crippen molar-refractivity contribution in [1.82, 2.24) is 15.5 Å². The molecule has 0 aromatic heterocycles. The zero-order valence-electron chi connectivity index (χ0n) is 18.0. The monoisotopic (exact) mass is 400 g/mol. The molecule has 1 aliphatic heterocycles. The van der Waals surface area contributed by atoms with Crippen LogP contribution in [0.3, 0.4) is 0 Å². The summed E-state index contributed by atoms with van der Waals surface area (Å²) in [6.07, 6.45) is 7.05. The van der Waals surface area contributed by atoms with Crippen LogP contribution in [0.25, 0.3) is 0 Å². The van der Waals surface area contributed by atoms with E-state index in [2.05, 4.69) is 33.8 Å². The van der Waals surface area contributed by atoms with Crippen molar-refractivity contribution in [2.24, 2.45) is 10.4 Å². The zero-order chi connectivity index (χ0) is 20.5. The molecule has 0 unspecified atom stereocenters. The first-order chi connectivity index (χ1) is 14.2. The molecule has 2 N–H and O–H groups in total. The molecule has 160 valence electrons. The van der Waals surface area contributed by atoms with Crippen LogP contribution < -0.4 is 10.6 Å². The van der Waals surface area contributed by atoms with Gasteiger partial charge in [0.25, 0.3) is 0 Å². The van der Waals surface area contributed by atoms with Crippen molar-refractivity contribution in [3.05, 3.63) is 35.4 Å². The van der Waals surface area contributed by atoms with Gasteiger partial charge < -0.3 is 20.3 Å².